The van der Waals surface area contributed by atoms with Gasteiger partial charge < -0.3 is 39.1 Å². The lowest BCUT2D eigenvalue weighted by Crippen LogP contribution is -2.54. The fourth-order valence-electron chi connectivity index (χ4n) is 7.40. The Morgan fingerprint density at radius 1 is 0.781 bits per heavy atom. The van der Waals surface area contributed by atoms with Crippen molar-refractivity contribution in [3.8, 4) is 11.5 Å². The van der Waals surface area contributed by atoms with Gasteiger partial charge in [-0.3, -0.25) is 48.7 Å². The first-order valence-corrected chi connectivity index (χ1v) is 22.5. The maximum Gasteiger partial charge on any atom is 0.264 e. The van der Waals surface area contributed by atoms with Crippen LogP contribution in [-0.4, -0.2) is 151 Å². The van der Waals surface area contributed by atoms with Crippen molar-refractivity contribution in [3.63, 3.8) is 0 Å². The number of rotatable bonds is 24. The smallest absolute Gasteiger partial charge is 0.264 e. The van der Waals surface area contributed by atoms with E-state index in [1.807, 2.05) is 0 Å². The van der Waals surface area contributed by atoms with Crippen molar-refractivity contribution in [1.29, 1.82) is 0 Å². The monoisotopic (exact) mass is 907 g/mol. The van der Waals surface area contributed by atoms with Crippen LogP contribution < -0.4 is 25.4 Å². The Balaban J connectivity index is 0.867. The van der Waals surface area contributed by atoms with Gasteiger partial charge in [-0.1, -0.05) is 18.2 Å². The summed E-state index contributed by atoms with van der Waals surface area (Å²) in [4.78, 5) is 92.4. The Bertz CT molecular complexity index is 2410. The number of imide groups is 3. The second-order valence-electron chi connectivity index (χ2n) is 14.7. The van der Waals surface area contributed by atoms with Crippen LogP contribution in [0.3, 0.4) is 0 Å². The second kappa shape index (κ2) is 21.4. The molecule has 3 aliphatic heterocycles. The number of carbonyl (C=O) groups is 7. The zero-order valence-corrected chi connectivity index (χ0v) is 36.3. The molecular weight excluding hydrogens is 859 g/mol. The topological polar surface area (TPSA) is 252 Å². The number of hydrogen-bond acceptors (Lipinski definition) is 16. The third-order valence-electron chi connectivity index (χ3n) is 10.2. The van der Waals surface area contributed by atoms with Crippen LogP contribution in [0.5, 0.6) is 11.5 Å². The molecular formula is C43H49N5O15S. The quantitative estimate of drug-likeness (QED) is 0.0859. The Morgan fingerprint density at radius 3 is 2.05 bits per heavy atom. The third kappa shape index (κ3) is 11.1. The minimum absolute atomic E-state index is 0.00647. The molecule has 0 radical (unpaired) electrons. The molecule has 1 saturated heterocycles. The first-order valence-electron chi connectivity index (χ1n) is 20.4. The molecule has 2 atom stereocenters. The van der Waals surface area contributed by atoms with E-state index >= 15 is 0 Å². The first-order chi connectivity index (χ1) is 30.7. The molecule has 0 saturated carbocycles. The SMILES string of the molecule is CCOc1cc(C(CS(C)(=O)=O)N2C(=O)c3cccc(NC(=O)COCCOCCOCCOCCNc4cccc5c4C(=O)N(C4CCC(=O)NC4=O)C5=O)c3C2=O)ccc1OC. The maximum absolute atomic E-state index is 13.9. The standard InChI is InChI=1S/C43H49N5O15S/c1-4-63-34-23-26(11-13-33(34)58-2)32(25-64(3,56)57)48-41(53)28-8-6-10-30(38(28)43(48)55)45-36(50)24-62-22-21-61-20-19-60-18-17-59-16-15-44-29-9-5-7-27-37(29)42(54)47(40(27)52)31-12-14-35(49)46-39(31)51/h5-11,13,23,31-32,44H,4,12,14-22,24-25H2,1-3H3,(H,45,50)(H,46,49,51). The van der Waals surface area contributed by atoms with Gasteiger partial charge in [-0.15, -0.1) is 0 Å². The zero-order valence-electron chi connectivity index (χ0n) is 35.5. The van der Waals surface area contributed by atoms with Crippen molar-refractivity contribution in [2.45, 2.75) is 31.8 Å². The number of benzene rings is 3. The zero-order chi connectivity index (χ0) is 46.0. The van der Waals surface area contributed by atoms with Crippen molar-refractivity contribution >= 4 is 62.6 Å². The minimum Gasteiger partial charge on any atom is -0.493 e. The first kappa shape index (κ1) is 47.2. The van der Waals surface area contributed by atoms with E-state index in [-0.39, 0.29) is 100 Å². The molecule has 64 heavy (non-hydrogen) atoms. The molecule has 342 valence electrons. The molecule has 2 unspecified atom stereocenters. The fourth-order valence-corrected chi connectivity index (χ4v) is 8.31. The number of anilines is 2. The van der Waals surface area contributed by atoms with Crippen LogP contribution in [0.2, 0.25) is 0 Å². The van der Waals surface area contributed by atoms with Gasteiger partial charge in [0.05, 0.1) is 99.7 Å². The highest BCUT2D eigenvalue weighted by Crippen LogP contribution is 2.39. The van der Waals surface area contributed by atoms with Crippen molar-refractivity contribution in [2.75, 3.05) is 95.8 Å². The molecule has 1 fully saturated rings. The molecule has 3 aromatic carbocycles. The van der Waals surface area contributed by atoms with Gasteiger partial charge in [0.1, 0.15) is 22.5 Å². The summed E-state index contributed by atoms with van der Waals surface area (Å²) in [6, 6.07) is 11.6. The number of carbonyl (C=O) groups excluding carboxylic acids is 7. The number of nitrogens with one attached hydrogen (secondary N) is 3. The summed E-state index contributed by atoms with van der Waals surface area (Å²) in [7, 11) is -2.26. The molecule has 20 nitrogen and oxygen atoms in total. The van der Waals surface area contributed by atoms with Crippen LogP contribution in [0.1, 0.15) is 72.8 Å². The average Bonchev–Trinajstić information content (AvgIpc) is 3.67. The maximum atomic E-state index is 13.9. The van der Waals surface area contributed by atoms with Gasteiger partial charge in [-0.25, -0.2) is 8.42 Å². The van der Waals surface area contributed by atoms with Crippen LogP contribution in [0.25, 0.3) is 0 Å². The van der Waals surface area contributed by atoms with Gasteiger partial charge in [0.15, 0.2) is 11.5 Å². The number of hydrogen-bond donors (Lipinski definition) is 3. The number of methoxy groups -OCH3 is 1. The highest BCUT2D eigenvalue weighted by atomic mass is 32.2. The summed E-state index contributed by atoms with van der Waals surface area (Å²) in [5, 5.41) is 7.90. The van der Waals surface area contributed by atoms with E-state index in [0.29, 0.717) is 29.3 Å². The lowest BCUT2D eigenvalue weighted by atomic mass is 10.0. The average molecular weight is 908 g/mol. The van der Waals surface area contributed by atoms with E-state index in [1.54, 1.807) is 31.2 Å². The molecule has 0 bridgehead atoms. The summed E-state index contributed by atoms with van der Waals surface area (Å²) in [6.45, 7) is 3.53. The van der Waals surface area contributed by atoms with E-state index < -0.39 is 69.0 Å². The Kier molecular flexibility index (Phi) is 15.8. The summed E-state index contributed by atoms with van der Waals surface area (Å²) < 4.78 is 58.1. The summed E-state index contributed by atoms with van der Waals surface area (Å²) in [6.07, 6.45) is 1.11. The number of amides is 7. The van der Waals surface area contributed by atoms with Crippen LogP contribution in [0.4, 0.5) is 11.4 Å². The van der Waals surface area contributed by atoms with Gasteiger partial charge >= 0.3 is 0 Å². The molecule has 7 amide bonds. The lowest BCUT2D eigenvalue weighted by Gasteiger charge is -2.27. The van der Waals surface area contributed by atoms with Crippen LogP contribution in [0.15, 0.2) is 54.6 Å². The predicted molar refractivity (Wildman–Crippen MR) is 227 cm³/mol. The number of fused-ring (bicyclic) bond motifs is 2. The molecule has 0 aromatic heterocycles. The van der Waals surface area contributed by atoms with Crippen molar-refractivity contribution in [3.05, 3.63) is 82.4 Å². The molecule has 3 heterocycles. The van der Waals surface area contributed by atoms with E-state index in [4.69, 9.17) is 28.4 Å². The summed E-state index contributed by atoms with van der Waals surface area (Å²) in [5.41, 5.74) is 1.10. The number of nitrogens with zero attached hydrogens (tertiary/aromatic N) is 2. The van der Waals surface area contributed by atoms with Crippen LogP contribution in [-0.2, 0) is 43.2 Å². The Labute approximate surface area is 368 Å². The van der Waals surface area contributed by atoms with Gasteiger partial charge in [-0.05, 0) is 55.3 Å². The Hall–Kier alpha value is -6.26. The van der Waals surface area contributed by atoms with Gasteiger partial charge in [0.25, 0.3) is 23.6 Å². The largest absolute Gasteiger partial charge is 0.493 e. The molecule has 6 rings (SSSR count). The van der Waals surface area contributed by atoms with Crippen LogP contribution in [0, 0.1) is 0 Å². The fraction of sp³-hybridized carbons (Fsp3) is 0.419. The highest BCUT2D eigenvalue weighted by molar-refractivity contribution is 7.90. The second-order valence-corrected chi connectivity index (χ2v) is 16.9. The Morgan fingerprint density at radius 2 is 1.41 bits per heavy atom. The number of piperidine rings is 1. The molecule has 3 N–H and O–H groups in total. The van der Waals surface area contributed by atoms with E-state index in [0.717, 1.165) is 16.1 Å². The molecule has 3 aromatic rings. The molecule has 0 spiro atoms. The lowest BCUT2D eigenvalue weighted by molar-refractivity contribution is -0.136. The third-order valence-corrected chi connectivity index (χ3v) is 11.2. The van der Waals surface area contributed by atoms with E-state index in [1.165, 1.54) is 37.4 Å². The summed E-state index contributed by atoms with van der Waals surface area (Å²) >= 11 is 0. The van der Waals surface area contributed by atoms with Crippen molar-refractivity contribution < 1.29 is 70.4 Å². The van der Waals surface area contributed by atoms with Gasteiger partial charge in [0, 0.05) is 24.9 Å². The number of ether oxygens (including phenoxy) is 6. The molecule has 3 aliphatic rings. The number of sulfone groups is 1. The minimum atomic E-state index is -3.71. The van der Waals surface area contributed by atoms with Gasteiger partial charge in [0.2, 0.25) is 17.7 Å². The van der Waals surface area contributed by atoms with Crippen LogP contribution >= 0.6 is 0 Å². The normalized spacial score (nSPS) is 16.5. The van der Waals surface area contributed by atoms with E-state index in [2.05, 4.69) is 16.0 Å². The molecule has 0 aliphatic carbocycles. The molecule has 21 heteroatoms. The predicted octanol–water partition coefficient (Wildman–Crippen LogP) is 1.99. The van der Waals surface area contributed by atoms with E-state index in [9.17, 15) is 42.0 Å². The van der Waals surface area contributed by atoms with Crippen molar-refractivity contribution in [1.82, 2.24) is 15.1 Å². The van der Waals surface area contributed by atoms with Crippen molar-refractivity contribution in [2.24, 2.45) is 0 Å². The summed E-state index contributed by atoms with van der Waals surface area (Å²) in [5.74, 6) is -4.25. The van der Waals surface area contributed by atoms with Gasteiger partial charge in [-0.2, -0.15) is 0 Å². The highest BCUT2D eigenvalue weighted by Gasteiger charge is 2.46.